The van der Waals surface area contributed by atoms with Crippen LogP contribution in [0.5, 0.6) is 0 Å². The van der Waals surface area contributed by atoms with Gasteiger partial charge in [-0.3, -0.25) is 0 Å². The first-order valence-corrected chi connectivity index (χ1v) is 10.7. The van der Waals surface area contributed by atoms with Crippen molar-refractivity contribution in [2.75, 3.05) is 19.6 Å². The average molecular weight is 468 g/mol. The van der Waals surface area contributed by atoms with Gasteiger partial charge >= 0.3 is 161 Å². The minimum atomic E-state index is -0.320. The van der Waals surface area contributed by atoms with Crippen molar-refractivity contribution in [3.8, 4) is 0 Å². The fraction of sp³-hybridized carbons (Fsp3) is 0.316. The molecule has 2 heterocycles. The summed E-state index contributed by atoms with van der Waals surface area (Å²) >= 11 is -0.274. The van der Waals surface area contributed by atoms with Gasteiger partial charge in [0.15, 0.2) is 0 Å². The number of nitrogens with zero attached hydrogens (tertiary/aromatic N) is 3. The van der Waals surface area contributed by atoms with E-state index in [1.807, 2.05) is 12.1 Å². The zero-order valence-corrected chi connectivity index (χ0v) is 18.1. The van der Waals surface area contributed by atoms with Gasteiger partial charge in [-0.15, -0.1) is 12.4 Å². The van der Waals surface area contributed by atoms with Crippen molar-refractivity contribution in [2.45, 2.75) is 20.4 Å². The summed E-state index contributed by atoms with van der Waals surface area (Å²) in [6.07, 6.45) is 0. The number of aromatic amines is 1. The Bertz CT molecular complexity index is 1220. The van der Waals surface area contributed by atoms with Crippen LogP contribution in [0.15, 0.2) is 35.1 Å². The number of likely N-dealkylation sites (N-methyl/N-ethyl adjacent to an activating group) is 1. The summed E-state index contributed by atoms with van der Waals surface area (Å²) in [5, 5.41) is 16.9. The smallest absolute Gasteiger partial charge is 0.147 e. The minimum Gasteiger partial charge on any atom is -0.147 e. The molecule has 4 aromatic rings. The van der Waals surface area contributed by atoms with Gasteiger partial charge in [0.1, 0.15) is 0 Å². The molecule has 0 aliphatic rings. The number of hydrogen-bond acceptors (Lipinski definition) is 4. The second kappa shape index (κ2) is 8.09. The van der Waals surface area contributed by atoms with Crippen LogP contribution in [-0.2, 0) is 6.54 Å². The normalized spacial score (nSPS) is 11.5. The molecule has 148 valence electrons. The molecule has 28 heavy (non-hydrogen) atoms. The Hall–Kier alpha value is -2.12. The Morgan fingerprint density at radius 2 is 1.96 bits per heavy atom. The van der Waals surface area contributed by atoms with E-state index in [2.05, 4.69) is 28.5 Å². The monoisotopic (exact) mass is 468 g/mol. The SMILES string of the molecule is CCN(CC)CCn1[nH]c2c3ccc(=O)cc3[se]c3c([N+](=O)[O-])ccc1c32.Cl. The molecular formula is C19H21ClN4O3Se. The number of hydrogen-bond donors (Lipinski definition) is 1. The molecule has 2 aromatic carbocycles. The molecule has 0 aliphatic heterocycles. The number of H-pyrrole nitrogens is 1. The maximum atomic E-state index is 11.8. The second-order valence-electron chi connectivity index (χ2n) is 6.49. The van der Waals surface area contributed by atoms with Crippen LogP contribution in [0.25, 0.3) is 30.3 Å². The number of nitro benzene ring substituents is 1. The topological polar surface area (TPSA) is 84.2 Å². The van der Waals surface area contributed by atoms with E-state index in [1.165, 1.54) is 0 Å². The Morgan fingerprint density at radius 3 is 2.64 bits per heavy atom. The molecule has 0 saturated carbocycles. The molecule has 0 atom stereocenters. The quantitative estimate of drug-likeness (QED) is 0.204. The Labute approximate surface area is 173 Å². The van der Waals surface area contributed by atoms with Crippen LogP contribution in [0.4, 0.5) is 5.69 Å². The molecule has 0 amide bonds. The summed E-state index contributed by atoms with van der Waals surface area (Å²) < 4.78 is 3.72. The van der Waals surface area contributed by atoms with Gasteiger partial charge in [-0.25, -0.2) is 0 Å². The molecule has 0 unspecified atom stereocenters. The van der Waals surface area contributed by atoms with Crippen molar-refractivity contribution in [3.05, 3.63) is 50.7 Å². The first-order valence-electron chi connectivity index (χ1n) is 8.98. The van der Waals surface area contributed by atoms with Gasteiger partial charge in [0.05, 0.1) is 0 Å². The zero-order valence-electron chi connectivity index (χ0n) is 15.6. The van der Waals surface area contributed by atoms with E-state index < -0.39 is 0 Å². The number of aromatic nitrogens is 2. The number of nitro groups is 1. The number of halogens is 1. The van der Waals surface area contributed by atoms with Crippen LogP contribution < -0.4 is 5.43 Å². The Morgan fingerprint density at radius 1 is 1.21 bits per heavy atom. The van der Waals surface area contributed by atoms with Crippen molar-refractivity contribution in [1.82, 2.24) is 14.7 Å². The minimum absolute atomic E-state index is 0. The largest absolute Gasteiger partial charge is 0.147 e. The van der Waals surface area contributed by atoms with Crippen LogP contribution in [0.1, 0.15) is 13.8 Å². The molecule has 9 heteroatoms. The molecule has 0 aliphatic carbocycles. The van der Waals surface area contributed by atoms with E-state index in [4.69, 9.17) is 0 Å². The van der Waals surface area contributed by atoms with Gasteiger partial charge in [0.2, 0.25) is 0 Å². The van der Waals surface area contributed by atoms with E-state index in [0.29, 0.717) is 0 Å². The summed E-state index contributed by atoms with van der Waals surface area (Å²) in [7, 11) is 0. The van der Waals surface area contributed by atoms with Gasteiger partial charge in [-0.2, -0.15) is 0 Å². The summed E-state index contributed by atoms with van der Waals surface area (Å²) in [4.78, 5) is 25.4. The van der Waals surface area contributed by atoms with E-state index >= 15 is 0 Å². The summed E-state index contributed by atoms with van der Waals surface area (Å²) in [5.41, 5.74) is 1.94. The van der Waals surface area contributed by atoms with Crippen molar-refractivity contribution >= 4 is 62.9 Å². The van der Waals surface area contributed by atoms with E-state index in [0.717, 1.165) is 56.5 Å². The van der Waals surface area contributed by atoms with Gasteiger partial charge in [-0.05, 0) is 0 Å². The fourth-order valence-electron chi connectivity index (χ4n) is 3.58. The average Bonchev–Trinajstić information content (AvgIpc) is 3.02. The number of benzene rings is 2. The molecule has 0 radical (unpaired) electrons. The third-order valence-corrected chi connectivity index (χ3v) is 7.53. The molecule has 0 fully saturated rings. The maximum absolute atomic E-state index is 11.8. The fourth-order valence-corrected chi connectivity index (χ4v) is 6.16. The van der Waals surface area contributed by atoms with Gasteiger partial charge in [0.25, 0.3) is 0 Å². The Kier molecular flexibility index (Phi) is 5.95. The van der Waals surface area contributed by atoms with Gasteiger partial charge in [0, 0.05) is 0 Å². The third-order valence-electron chi connectivity index (χ3n) is 5.07. The molecule has 0 bridgehead atoms. The first-order chi connectivity index (χ1) is 13.0. The number of rotatable bonds is 6. The molecule has 0 spiro atoms. The van der Waals surface area contributed by atoms with Crippen molar-refractivity contribution in [3.63, 3.8) is 0 Å². The van der Waals surface area contributed by atoms with Crippen molar-refractivity contribution < 1.29 is 4.92 Å². The van der Waals surface area contributed by atoms with Crippen LogP contribution >= 0.6 is 12.4 Å². The van der Waals surface area contributed by atoms with Crippen LogP contribution in [0.2, 0.25) is 0 Å². The molecule has 1 N–H and O–H groups in total. The van der Waals surface area contributed by atoms with Crippen molar-refractivity contribution in [2.24, 2.45) is 0 Å². The predicted octanol–water partition coefficient (Wildman–Crippen LogP) is 3.36. The van der Waals surface area contributed by atoms with E-state index in [1.54, 1.807) is 18.2 Å². The van der Waals surface area contributed by atoms with Crippen LogP contribution in [0, 0.1) is 10.1 Å². The van der Waals surface area contributed by atoms with Crippen molar-refractivity contribution in [1.29, 1.82) is 0 Å². The molecule has 7 nitrogen and oxygen atoms in total. The second-order valence-corrected chi connectivity index (χ2v) is 8.70. The molecule has 2 aromatic heterocycles. The first kappa shape index (κ1) is 20.6. The summed E-state index contributed by atoms with van der Waals surface area (Å²) in [5.74, 6) is 0. The standard InChI is InChI=1S/C19H20N4O3Se.ClH/c1-3-21(4-2)9-10-22-14-7-8-15(23(25)26)19-17(14)18(20-22)13-6-5-12(24)11-16(13)27-19;/h5-8,11,20H,3-4,9-10H2,1-2H3;1H. The number of non-ortho nitro benzene ring substituents is 1. The van der Waals surface area contributed by atoms with E-state index in [-0.39, 0.29) is 43.0 Å². The number of fused-ring (bicyclic) bond motifs is 2. The van der Waals surface area contributed by atoms with Gasteiger partial charge < -0.3 is 0 Å². The third kappa shape index (κ3) is 3.37. The predicted molar refractivity (Wildman–Crippen MR) is 116 cm³/mol. The van der Waals surface area contributed by atoms with E-state index in [9.17, 15) is 14.9 Å². The Balaban J connectivity index is 0.00000225. The summed E-state index contributed by atoms with van der Waals surface area (Å²) in [6.45, 7) is 7.92. The number of nitrogens with one attached hydrogen (secondary N) is 1. The van der Waals surface area contributed by atoms with Crippen LogP contribution in [-0.4, -0.2) is 53.7 Å². The van der Waals surface area contributed by atoms with Crippen LogP contribution in [0.3, 0.4) is 0 Å². The molecular weight excluding hydrogens is 447 g/mol. The molecule has 0 saturated heterocycles. The zero-order chi connectivity index (χ0) is 19.1. The maximum Gasteiger partial charge on any atom is -0.147 e. The molecule has 4 rings (SSSR count). The van der Waals surface area contributed by atoms with Gasteiger partial charge in [-0.1, -0.05) is 0 Å². The summed E-state index contributed by atoms with van der Waals surface area (Å²) in [6, 6.07) is 8.44.